The first kappa shape index (κ1) is 6.72. The van der Waals surface area contributed by atoms with Crippen molar-refractivity contribution in [3.63, 3.8) is 0 Å². The Labute approximate surface area is 55.1 Å². The molecule has 0 aliphatic carbocycles. The highest BCUT2D eigenvalue weighted by atomic mass is 31.3. The van der Waals surface area contributed by atoms with Gasteiger partial charge < -0.3 is 4.74 Å². The lowest BCUT2D eigenvalue weighted by Crippen LogP contribution is -2.21. The minimum atomic E-state index is 0.0627. The Morgan fingerprint density at radius 3 is 2.75 bits per heavy atom. The molecule has 1 rings (SSSR count). The molecule has 1 aliphatic rings. The second kappa shape index (κ2) is 3.60. The van der Waals surface area contributed by atoms with Gasteiger partial charge in [-0.25, -0.2) is 0 Å². The largest absolute Gasteiger partial charge is 0.382 e. The molecular formula is C5H13OPSi. The van der Waals surface area contributed by atoms with Crippen LogP contribution in [-0.4, -0.2) is 21.5 Å². The molecule has 1 saturated heterocycles. The van der Waals surface area contributed by atoms with E-state index in [0.29, 0.717) is 5.73 Å². The highest BCUT2D eigenvalue weighted by molar-refractivity contribution is 7.55. The summed E-state index contributed by atoms with van der Waals surface area (Å²) >= 11 is 0. The van der Waals surface area contributed by atoms with Crippen molar-refractivity contribution in [2.24, 2.45) is 0 Å². The van der Waals surface area contributed by atoms with Crippen molar-refractivity contribution in [2.45, 2.75) is 25.0 Å². The van der Waals surface area contributed by atoms with Gasteiger partial charge in [0.05, 0.1) is 9.19 Å². The third-order valence-corrected chi connectivity index (χ3v) is 4.28. The molecule has 0 radical (unpaired) electrons. The van der Waals surface area contributed by atoms with Gasteiger partial charge in [-0.05, 0) is 19.3 Å². The first-order valence-electron chi connectivity index (χ1n) is 3.25. The zero-order chi connectivity index (χ0) is 5.82. The smallest absolute Gasteiger partial charge is 0.0761 e. The van der Waals surface area contributed by atoms with Gasteiger partial charge in [-0.1, -0.05) is 0 Å². The molecular weight excluding hydrogens is 135 g/mol. The molecule has 0 aromatic heterocycles. The summed E-state index contributed by atoms with van der Waals surface area (Å²) < 4.78 is 5.47. The van der Waals surface area contributed by atoms with Crippen LogP contribution in [0.25, 0.3) is 0 Å². The summed E-state index contributed by atoms with van der Waals surface area (Å²) in [6.07, 6.45) is 4.01. The summed E-state index contributed by atoms with van der Waals surface area (Å²) in [5.74, 6) is 0. The van der Waals surface area contributed by atoms with Crippen molar-refractivity contribution in [1.29, 1.82) is 0 Å². The number of hydrogen-bond acceptors (Lipinski definition) is 1. The Kier molecular flexibility index (Phi) is 3.02. The minimum absolute atomic E-state index is 0.0627. The van der Waals surface area contributed by atoms with Crippen molar-refractivity contribution in [3.05, 3.63) is 0 Å². The Hall–Kier alpha value is 0.607. The third-order valence-electron chi connectivity index (χ3n) is 1.54. The van der Waals surface area contributed by atoms with Crippen molar-refractivity contribution < 1.29 is 4.74 Å². The van der Waals surface area contributed by atoms with E-state index < -0.39 is 0 Å². The van der Waals surface area contributed by atoms with Crippen LogP contribution in [0.1, 0.15) is 19.3 Å². The monoisotopic (exact) mass is 148 g/mol. The van der Waals surface area contributed by atoms with Crippen molar-refractivity contribution in [1.82, 2.24) is 0 Å². The second-order valence-electron chi connectivity index (χ2n) is 2.22. The van der Waals surface area contributed by atoms with Crippen LogP contribution in [0.4, 0.5) is 0 Å². The van der Waals surface area contributed by atoms with Gasteiger partial charge in [-0.3, -0.25) is 0 Å². The molecule has 0 spiro atoms. The Morgan fingerprint density at radius 1 is 1.50 bits per heavy atom. The lowest BCUT2D eigenvalue weighted by Gasteiger charge is -2.20. The van der Waals surface area contributed by atoms with Crippen LogP contribution >= 0.6 is 8.79 Å². The van der Waals surface area contributed by atoms with E-state index in [4.69, 9.17) is 4.74 Å². The molecule has 8 heavy (non-hydrogen) atoms. The van der Waals surface area contributed by atoms with E-state index in [0.717, 1.165) is 6.61 Å². The molecule has 0 bridgehead atoms. The van der Waals surface area contributed by atoms with E-state index >= 15 is 0 Å². The lowest BCUT2D eigenvalue weighted by atomic mass is 10.2. The van der Waals surface area contributed by atoms with E-state index in [2.05, 4.69) is 8.79 Å². The van der Waals surface area contributed by atoms with Gasteiger partial charge in [0.25, 0.3) is 0 Å². The van der Waals surface area contributed by atoms with Gasteiger partial charge in [-0.2, -0.15) is 8.79 Å². The summed E-state index contributed by atoms with van der Waals surface area (Å²) in [5, 5.41) is 0. The number of rotatable bonds is 1. The standard InChI is InChI=1S/C5H13OPSi/c7-8-5-3-1-2-4-6-5/h5H,1-4,7-8H2. The average molecular weight is 148 g/mol. The minimum Gasteiger partial charge on any atom is -0.382 e. The predicted octanol–water partition coefficient (Wildman–Crippen LogP) is 0.472. The van der Waals surface area contributed by atoms with E-state index in [9.17, 15) is 0 Å². The SMILES string of the molecule is P[SiH2]C1CCCCO1. The van der Waals surface area contributed by atoms with Crippen LogP contribution in [0.3, 0.4) is 0 Å². The van der Waals surface area contributed by atoms with Crippen molar-refractivity contribution in [2.75, 3.05) is 6.61 Å². The van der Waals surface area contributed by atoms with Crippen LogP contribution in [0.15, 0.2) is 0 Å². The quantitative estimate of drug-likeness (QED) is 0.388. The van der Waals surface area contributed by atoms with Gasteiger partial charge in [0.1, 0.15) is 0 Å². The van der Waals surface area contributed by atoms with E-state index in [1.165, 1.54) is 19.3 Å². The molecule has 1 nitrogen and oxygen atoms in total. The zero-order valence-electron chi connectivity index (χ0n) is 5.10. The van der Waals surface area contributed by atoms with Gasteiger partial charge >= 0.3 is 0 Å². The highest BCUT2D eigenvalue weighted by Gasteiger charge is 2.10. The maximum Gasteiger partial charge on any atom is 0.0761 e. The average Bonchev–Trinajstić information content (AvgIpc) is 1.90. The van der Waals surface area contributed by atoms with Crippen LogP contribution in [0.5, 0.6) is 0 Å². The summed E-state index contributed by atoms with van der Waals surface area (Å²) in [6.45, 7) is 1.02. The molecule has 3 heteroatoms. The topological polar surface area (TPSA) is 9.23 Å². The van der Waals surface area contributed by atoms with Crippen LogP contribution in [0.2, 0.25) is 0 Å². The third kappa shape index (κ3) is 1.85. The van der Waals surface area contributed by atoms with E-state index in [1.54, 1.807) is 0 Å². The highest BCUT2D eigenvalue weighted by Crippen LogP contribution is 2.12. The maximum atomic E-state index is 5.47. The molecule has 0 amide bonds. The molecule has 1 aliphatic heterocycles. The Morgan fingerprint density at radius 2 is 2.38 bits per heavy atom. The summed E-state index contributed by atoms with van der Waals surface area (Å²) in [5.41, 5.74) is 0.689. The molecule has 2 unspecified atom stereocenters. The second-order valence-corrected chi connectivity index (χ2v) is 5.02. The fourth-order valence-electron chi connectivity index (χ4n) is 0.993. The maximum absolute atomic E-state index is 5.47. The molecule has 1 fully saturated rings. The van der Waals surface area contributed by atoms with Gasteiger partial charge in [0, 0.05) is 12.3 Å². The van der Waals surface area contributed by atoms with Crippen LogP contribution in [-0.2, 0) is 4.74 Å². The van der Waals surface area contributed by atoms with Gasteiger partial charge in [-0.15, -0.1) is 0 Å². The molecule has 0 N–H and O–H groups in total. The predicted molar refractivity (Wildman–Crippen MR) is 41.8 cm³/mol. The fraction of sp³-hybridized carbons (Fsp3) is 1.00. The Bertz CT molecular complexity index is 63.4. The van der Waals surface area contributed by atoms with Gasteiger partial charge in [0.15, 0.2) is 0 Å². The molecule has 2 atom stereocenters. The number of ether oxygens (including phenoxy) is 1. The summed E-state index contributed by atoms with van der Waals surface area (Å²) in [4.78, 5) is 0. The van der Waals surface area contributed by atoms with E-state index in [1.807, 2.05) is 0 Å². The molecule has 1 heterocycles. The van der Waals surface area contributed by atoms with E-state index in [-0.39, 0.29) is 9.19 Å². The molecule has 0 aromatic rings. The van der Waals surface area contributed by atoms with Crippen LogP contribution < -0.4 is 0 Å². The first-order valence-corrected chi connectivity index (χ1v) is 7.33. The summed E-state index contributed by atoms with van der Waals surface area (Å²) in [6, 6.07) is 0. The Balaban J connectivity index is 2.13. The van der Waals surface area contributed by atoms with Crippen molar-refractivity contribution >= 4 is 18.0 Å². The van der Waals surface area contributed by atoms with Crippen LogP contribution in [0, 0.1) is 0 Å². The zero-order valence-corrected chi connectivity index (χ0v) is 7.67. The molecule has 0 saturated carbocycles. The first-order chi connectivity index (χ1) is 3.93. The summed E-state index contributed by atoms with van der Waals surface area (Å²) in [7, 11) is 2.92. The van der Waals surface area contributed by atoms with Crippen molar-refractivity contribution in [3.8, 4) is 0 Å². The number of hydrogen-bond donors (Lipinski definition) is 0. The molecule has 0 aromatic carbocycles. The lowest BCUT2D eigenvalue weighted by molar-refractivity contribution is 0.0667. The fourth-order valence-corrected chi connectivity index (χ4v) is 2.94. The molecule has 48 valence electrons. The van der Waals surface area contributed by atoms with Gasteiger partial charge in [0.2, 0.25) is 0 Å². The normalized spacial score (nSPS) is 31.9.